The summed E-state index contributed by atoms with van der Waals surface area (Å²) in [6.45, 7) is 2.12. The molecular weight excluding hydrogens is 334 g/mol. The molecule has 0 unspecified atom stereocenters. The predicted octanol–water partition coefficient (Wildman–Crippen LogP) is 2.90. The molecule has 0 spiro atoms. The lowest BCUT2D eigenvalue weighted by molar-refractivity contribution is 0.0953. The molecule has 0 aliphatic carbocycles. The van der Waals surface area contributed by atoms with E-state index in [-0.39, 0.29) is 12.5 Å². The molecule has 128 valence electrons. The number of hydrogen-bond acceptors (Lipinski definition) is 6. The van der Waals surface area contributed by atoms with Gasteiger partial charge in [-0.2, -0.15) is 0 Å². The van der Waals surface area contributed by atoms with Gasteiger partial charge in [-0.15, -0.1) is 11.3 Å². The molecule has 3 rings (SSSR count). The molecule has 1 N–H and O–H groups in total. The number of hydrogen-bond donors (Lipinski definition) is 1. The highest BCUT2D eigenvalue weighted by Crippen LogP contribution is 2.27. The van der Waals surface area contributed by atoms with Crippen molar-refractivity contribution in [2.75, 3.05) is 19.0 Å². The fourth-order valence-electron chi connectivity index (χ4n) is 2.27. The van der Waals surface area contributed by atoms with E-state index in [1.807, 2.05) is 62.3 Å². The van der Waals surface area contributed by atoms with E-state index >= 15 is 0 Å². The van der Waals surface area contributed by atoms with Crippen LogP contribution < -0.4 is 10.2 Å². The van der Waals surface area contributed by atoms with Crippen LogP contribution in [0.1, 0.15) is 21.2 Å². The number of anilines is 1. The second-order valence-electron chi connectivity index (χ2n) is 5.71. The minimum absolute atomic E-state index is 0.156. The fourth-order valence-corrected chi connectivity index (χ4v) is 3.26. The summed E-state index contributed by atoms with van der Waals surface area (Å²) in [6.07, 6.45) is 1.69. The maximum atomic E-state index is 12.5. The van der Waals surface area contributed by atoms with Gasteiger partial charge < -0.3 is 10.2 Å². The first kappa shape index (κ1) is 17.0. The molecule has 3 aromatic rings. The van der Waals surface area contributed by atoms with Crippen LogP contribution in [0.5, 0.6) is 0 Å². The van der Waals surface area contributed by atoms with E-state index in [4.69, 9.17) is 0 Å². The highest BCUT2D eigenvalue weighted by Gasteiger charge is 2.16. The van der Waals surface area contributed by atoms with E-state index in [1.54, 1.807) is 6.20 Å². The van der Waals surface area contributed by atoms with Crippen molar-refractivity contribution in [3.8, 4) is 10.6 Å². The number of nitrogens with one attached hydrogen (secondary N) is 1. The molecule has 0 atom stereocenters. The van der Waals surface area contributed by atoms with Crippen LogP contribution in [0, 0.1) is 6.92 Å². The maximum Gasteiger partial charge on any atom is 0.263 e. The maximum absolute atomic E-state index is 12.5. The van der Waals surface area contributed by atoms with Gasteiger partial charge in [0, 0.05) is 25.9 Å². The van der Waals surface area contributed by atoms with E-state index in [2.05, 4.69) is 20.3 Å². The minimum atomic E-state index is -0.156. The molecule has 0 aliphatic heterocycles. The lowest BCUT2D eigenvalue weighted by Gasteiger charge is -2.11. The highest BCUT2D eigenvalue weighted by atomic mass is 32.1. The van der Waals surface area contributed by atoms with Gasteiger partial charge in [-0.25, -0.2) is 15.0 Å². The average molecular weight is 353 g/mol. The van der Waals surface area contributed by atoms with E-state index in [9.17, 15) is 4.79 Å². The van der Waals surface area contributed by atoms with Gasteiger partial charge in [-0.05, 0) is 13.0 Å². The standard InChI is InChI=1S/C18H19N5OS/c1-12-16(25-18(21-12)13-7-5-4-6-8-13)17(24)20-11-14-19-10-9-15(22-14)23(2)3/h4-10H,11H2,1-3H3,(H,20,24). The zero-order chi connectivity index (χ0) is 17.8. The summed E-state index contributed by atoms with van der Waals surface area (Å²) in [5.74, 6) is 1.22. The number of carbonyl (C=O) groups excluding carboxylic acids is 1. The van der Waals surface area contributed by atoms with Crippen molar-refractivity contribution in [2.24, 2.45) is 0 Å². The first-order valence-electron chi connectivity index (χ1n) is 7.85. The molecule has 0 saturated heterocycles. The average Bonchev–Trinajstić information content (AvgIpc) is 3.02. The van der Waals surface area contributed by atoms with Crippen LogP contribution in [0.25, 0.3) is 10.6 Å². The van der Waals surface area contributed by atoms with Crippen LogP contribution in [-0.2, 0) is 6.54 Å². The summed E-state index contributed by atoms with van der Waals surface area (Å²) in [4.78, 5) is 28.1. The Morgan fingerprint density at radius 1 is 1.16 bits per heavy atom. The summed E-state index contributed by atoms with van der Waals surface area (Å²) >= 11 is 1.39. The largest absolute Gasteiger partial charge is 0.363 e. The van der Waals surface area contributed by atoms with Gasteiger partial charge >= 0.3 is 0 Å². The lowest BCUT2D eigenvalue weighted by atomic mass is 10.2. The van der Waals surface area contributed by atoms with Gasteiger partial charge in [0.1, 0.15) is 21.5 Å². The SMILES string of the molecule is Cc1nc(-c2ccccc2)sc1C(=O)NCc1nccc(N(C)C)n1. The normalized spacial score (nSPS) is 10.5. The van der Waals surface area contributed by atoms with Crippen LogP contribution in [0.2, 0.25) is 0 Å². The van der Waals surface area contributed by atoms with Gasteiger partial charge in [0.15, 0.2) is 0 Å². The molecule has 0 aliphatic rings. The molecule has 0 bridgehead atoms. The molecule has 7 heteroatoms. The Bertz CT molecular complexity index is 876. The monoisotopic (exact) mass is 353 g/mol. The van der Waals surface area contributed by atoms with Crippen molar-refractivity contribution in [2.45, 2.75) is 13.5 Å². The van der Waals surface area contributed by atoms with Gasteiger partial charge in [0.05, 0.1) is 12.2 Å². The number of nitrogens with zero attached hydrogens (tertiary/aromatic N) is 4. The summed E-state index contributed by atoms with van der Waals surface area (Å²) in [5.41, 5.74) is 1.74. The van der Waals surface area contributed by atoms with Gasteiger partial charge in [0.25, 0.3) is 5.91 Å². The smallest absolute Gasteiger partial charge is 0.263 e. The molecule has 6 nitrogen and oxygen atoms in total. The van der Waals surface area contributed by atoms with Crippen LogP contribution in [0.15, 0.2) is 42.6 Å². The summed E-state index contributed by atoms with van der Waals surface area (Å²) in [6, 6.07) is 11.7. The van der Waals surface area contributed by atoms with Crippen LogP contribution in [-0.4, -0.2) is 35.0 Å². The summed E-state index contributed by atoms with van der Waals surface area (Å²) in [5, 5.41) is 3.72. The van der Waals surface area contributed by atoms with E-state index in [0.717, 1.165) is 22.1 Å². The number of benzene rings is 1. The molecule has 1 aromatic carbocycles. The topological polar surface area (TPSA) is 71.0 Å². The second kappa shape index (κ2) is 7.40. The van der Waals surface area contributed by atoms with E-state index < -0.39 is 0 Å². The van der Waals surface area contributed by atoms with Crippen LogP contribution >= 0.6 is 11.3 Å². The lowest BCUT2D eigenvalue weighted by Crippen LogP contribution is -2.24. The Balaban J connectivity index is 1.72. The summed E-state index contributed by atoms with van der Waals surface area (Å²) < 4.78 is 0. The summed E-state index contributed by atoms with van der Waals surface area (Å²) in [7, 11) is 3.83. The van der Waals surface area contributed by atoms with E-state index in [0.29, 0.717) is 10.7 Å². The predicted molar refractivity (Wildman–Crippen MR) is 99.8 cm³/mol. The number of aryl methyl sites for hydroxylation is 1. The number of aromatic nitrogens is 3. The number of rotatable bonds is 5. The minimum Gasteiger partial charge on any atom is -0.363 e. The van der Waals surface area contributed by atoms with Gasteiger partial charge in [-0.3, -0.25) is 4.79 Å². The molecule has 1 amide bonds. The first-order valence-corrected chi connectivity index (χ1v) is 8.66. The number of amides is 1. The Morgan fingerprint density at radius 2 is 1.92 bits per heavy atom. The quantitative estimate of drug-likeness (QED) is 0.764. The fraction of sp³-hybridized carbons (Fsp3) is 0.222. The number of thiazole rings is 1. The zero-order valence-corrected chi connectivity index (χ0v) is 15.2. The number of carbonyl (C=O) groups is 1. The van der Waals surface area contributed by atoms with Crippen molar-refractivity contribution in [3.63, 3.8) is 0 Å². The second-order valence-corrected chi connectivity index (χ2v) is 6.71. The Morgan fingerprint density at radius 3 is 2.64 bits per heavy atom. The van der Waals surface area contributed by atoms with Crippen molar-refractivity contribution in [1.82, 2.24) is 20.3 Å². The Hall–Kier alpha value is -2.80. The molecule has 25 heavy (non-hydrogen) atoms. The molecule has 0 saturated carbocycles. The van der Waals surface area contributed by atoms with E-state index in [1.165, 1.54) is 11.3 Å². The molecule has 2 aromatic heterocycles. The highest BCUT2D eigenvalue weighted by molar-refractivity contribution is 7.17. The van der Waals surface area contributed by atoms with Gasteiger partial charge in [-0.1, -0.05) is 30.3 Å². The molecule has 0 fully saturated rings. The van der Waals surface area contributed by atoms with Crippen molar-refractivity contribution < 1.29 is 4.79 Å². The molecular formula is C18H19N5OS. The zero-order valence-electron chi connectivity index (χ0n) is 14.4. The van der Waals surface area contributed by atoms with Crippen molar-refractivity contribution in [3.05, 3.63) is 59.0 Å². The van der Waals surface area contributed by atoms with Crippen LogP contribution in [0.3, 0.4) is 0 Å². The molecule has 2 heterocycles. The first-order chi connectivity index (χ1) is 12.0. The van der Waals surface area contributed by atoms with Crippen molar-refractivity contribution in [1.29, 1.82) is 0 Å². The third-order valence-electron chi connectivity index (χ3n) is 3.58. The Labute approximate surface area is 150 Å². The Kier molecular flexibility index (Phi) is 5.04. The van der Waals surface area contributed by atoms with Crippen LogP contribution in [0.4, 0.5) is 5.82 Å². The van der Waals surface area contributed by atoms with Gasteiger partial charge in [0.2, 0.25) is 0 Å². The third-order valence-corrected chi connectivity index (χ3v) is 4.78. The third kappa shape index (κ3) is 4.00. The molecule has 0 radical (unpaired) electrons. The van der Waals surface area contributed by atoms with Crippen molar-refractivity contribution >= 4 is 23.1 Å².